The Morgan fingerprint density at radius 3 is 2.41 bits per heavy atom. The van der Waals surface area contributed by atoms with Crippen molar-refractivity contribution >= 4 is 15.9 Å². The molecule has 0 fully saturated rings. The first-order chi connectivity index (χ1) is 7.72. The molecular weight excluding hydrogens is 246 g/mol. The molecule has 7 nitrogen and oxygen atoms in total. The van der Waals surface area contributed by atoms with Crippen molar-refractivity contribution in [3.8, 4) is 0 Å². The lowest BCUT2D eigenvalue weighted by Crippen LogP contribution is -2.45. The first-order valence-corrected chi connectivity index (χ1v) is 6.88. The molecule has 0 radical (unpaired) electrons. The van der Waals surface area contributed by atoms with Gasteiger partial charge in [0.15, 0.2) is 5.84 Å². The molecule has 0 aliphatic heterocycles. The fraction of sp³-hybridized carbons (Fsp3) is 0.889. The second kappa shape index (κ2) is 6.77. The predicted octanol–water partition coefficient (Wildman–Crippen LogP) is -0.192. The van der Waals surface area contributed by atoms with Crippen molar-refractivity contribution in [1.29, 1.82) is 0 Å². The van der Waals surface area contributed by atoms with Crippen LogP contribution in [0.2, 0.25) is 0 Å². The average molecular weight is 267 g/mol. The monoisotopic (exact) mass is 267 g/mol. The van der Waals surface area contributed by atoms with Crippen molar-refractivity contribution in [2.24, 2.45) is 10.9 Å². The Morgan fingerprint density at radius 1 is 1.47 bits per heavy atom. The summed E-state index contributed by atoms with van der Waals surface area (Å²) in [4.78, 5) is 0. The van der Waals surface area contributed by atoms with Crippen LogP contribution in [-0.2, 0) is 14.8 Å². The number of rotatable bonds is 7. The van der Waals surface area contributed by atoms with Gasteiger partial charge in [0, 0.05) is 7.05 Å². The second-order valence-corrected chi connectivity index (χ2v) is 6.10. The fourth-order valence-electron chi connectivity index (χ4n) is 1.04. The van der Waals surface area contributed by atoms with Gasteiger partial charge < -0.3 is 15.7 Å². The van der Waals surface area contributed by atoms with Gasteiger partial charge in [0.25, 0.3) is 0 Å². The molecule has 102 valence electrons. The number of hydrogen-bond donors (Lipinski definition) is 2. The number of ether oxygens (including phenoxy) is 1. The standard InChI is InChI=1S/C9H21N3O4S/c1-7(2)16-5-6-17(14,15)12(4)8(3)9(10)11-13/h7-8,13H,5-6H2,1-4H3,(H2,10,11). The fourth-order valence-corrected chi connectivity index (χ4v) is 2.23. The zero-order valence-corrected chi connectivity index (χ0v) is 11.4. The first-order valence-electron chi connectivity index (χ1n) is 5.27. The third-order valence-corrected chi connectivity index (χ3v) is 4.20. The molecule has 8 heteroatoms. The lowest BCUT2D eigenvalue weighted by Gasteiger charge is -2.23. The molecule has 0 aromatic rings. The zero-order chi connectivity index (χ0) is 13.6. The molecule has 0 aromatic carbocycles. The molecule has 3 N–H and O–H groups in total. The number of sulfonamides is 1. The van der Waals surface area contributed by atoms with E-state index in [9.17, 15) is 8.42 Å². The van der Waals surface area contributed by atoms with Gasteiger partial charge in [-0.25, -0.2) is 8.42 Å². The summed E-state index contributed by atoms with van der Waals surface area (Å²) in [7, 11) is -2.09. The molecule has 1 unspecified atom stereocenters. The van der Waals surface area contributed by atoms with Crippen LogP contribution in [0.5, 0.6) is 0 Å². The summed E-state index contributed by atoms with van der Waals surface area (Å²) in [6.45, 7) is 5.31. The number of nitrogens with two attached hydrogens (primary N) is 1. The normalized spacial score (nSPS) is 15.5. The van der Waals surface area contributed by atoms with E-state index in [4.69, 9.17) is 15.7 Å². The summed E-state index contributed by atoms with van der Waals surface area (Å²) in [5, 5.41) is 11.3. The Kier molecular flexibility index (Phi) is 6.43. The van der Waals surface area contributed by atoms with Gasteiger partial charge in [-0.05, 0) is 20.8 Å². The van der Waals surface area contributed by atoms with Gasteiger partial charge in [-0.1, -0.05) is 5.16 Å². The minimum absolute atomic E-state index is 0.0167. The lowest BCUT2D eigenvalue weighted by atomic mass is 10.3. The molecule has 0 heterocycles. The molecule has 0 spiro atoms. The minimum Gasteiger partial charge on any atom is -0.409 e. The molecule has 17 heavy (non-hydrogen) atoms. The number of hydrogen-bond acceptors (Lipinski definition) is 5. The van der Waals surface area contributed by atoms with E-state index in [-0.39, 0.29) is 24.3 Å². The van der Waals surface area contributed by atoms with Crippen molar-refractivity contribution in [3.63, 3.8) is 0 Å². The van der Waals surface area contributed by atoms with Crippen molar-refractivity contribution in [1.82, 2.24) is 4.31 Å². The molecule has 0 saturated heterocycles. The van der Waals surface area contributed by atoms with Crippen LogP contribution in [0.25, 0.3) is 0 Å². The third-order valence-electron chi connectivity index (χ3n) is 2.32. The van der Waals surface area contributed by atoms with E-state index >= 15 is 0 Å². The Labute approximate surface area is 102 Å². The van der Waals surface area contributed by atoms with Gasteiger partial charge in [-0.3, -0.25) is 0 Å². The van der Waals surface area contributed by atoms with Crippen LogP contribution in [0.1, 0.15) is 20.8 Å². The SMILES string of the molecule is CC(C)OCCS(=O)(=O)N(C)C(C)C(N)=NO. The van der Waals surface area contributed by atoms with Crippen molar-refractivity contribution in [2.75, 3.05) is 19.4 Å². The lowest BCUT2D eigenvalue weighted by molar-refractivity contribution is 0.0907. The van der Waals surface area contributed by atoms with E-state index in [0.29, 0.717) is 0 Å². The maximum absolute atomic E-state index is 11.8. The highest BCUT2D eigenvalue weighted by Crippen LogP contribution is 2.05. The molecule has 0 bridgehead atoms. The topological polar surface area (TPSA) is 105 Å². The van der Waals surface area contributed by atoms with Gasteiger partial charge >= 0.3 is 0 Å². The largest absolute Gasteiger partial charge is 0.409 e. The minimum atomic E-state index is -3.47. The van der Waals surface area contributed by atoms with Gasteiger partial charge in [0.1, 0.15) is 0 Å². The van der Waals surface area contributed by atoms with Crippen molar-refractivity contribution in [2.45, 2.75) is 32.9 Å². The molecular formula is C9H21N3O4S. The number of oxime groups is 1. The van der Waals surface area contributed by atoms with E-state index in [1.807, 2.05) is 13.8 Å². The summed E-state index contributed by atoms with van der Waals surface area (Å²) < 4.78 is 29.9. The molecule has 0 rings (SSSR count). The summed E-state index contributed by atoms with van der Waals surface area (Å²) in [5.41, 5.74) is 5.35. The van der Waals surface area contributed by atoms with E-state index in [2.05, 4.69) is 5.16 Å². The number of amidine groups is 1. The van der Waals surface area contributed by atoms with Crippen LogP contribution in [0.15, 0.2) is 5.16 Å². The van der Waals surface area contributed by atoms with Gasteiger partial charge in [0.2, 0.25) is 10.0 Å². The van der Waals surface area contributed by atoms with Gasteiger partial charge in [-0.15, -0.1) is 0 Å². The highest BCUT2D eigenvalue weighted by molar-refractivity contribution is 7.89. The zero-order valence-electron chi connectivity index (χ0n) is 10.6. The molecule has 0 aromatic heterocycles. The second-order valence-electron chi connectivity index (χ2n) is 3.95. The van der Waals surface area contributed by atoms with Gasteiger partial charge in [0.05, 0.1) is 24.5 Å². The quantitative estimate of drug-likeness (QED) is 0.288. The van der Waals surface area contributed by atoms with Crippen molar-refractivity contribution in [3.05, 3.63) is 0 Å². The van der Waals surface area contributed by atoms with Crippen LogP contribution in [0.3, 0.4) is 0 Å². The predicted molar refractivity (Wildman–Crippen MR) is 65.5 cm³/mol. The van der Waals surface area contributed by atoms with E-state index in [1.54, 1.807) is 0 Å². The van der Waals surface area contributed by atoms with Crippen molar-refractivity contribution < 1.29 is 18.4 Å². The van der Waals surface area contributed by atoms with Crippen LogP contribution in [0.4, 0.5) is 0 Å². The van der Waals surface area contributed by atoms with Gasteiger partial charge in [-0.2, -0.15) is 4.31 Å². The maximum atomic E-state index is 11.8. The molecule has 0 aliphatic rings. The number of nitrogens with zero attached hydrogens (tertiary/aromatic N) is 2. The molecule has 0 amide bonds. The Morgan fingerprint density at radius 2 is 2.00 bits per heavy atom. The highest BCUT2D eigenvalue weighted by Gasteiger charge is 2.25. The molecule has 0 saturated carbocycles. The summed E-state index contributed by atoms with van der Waals surface area (Å²) in [6, 6.07) is -0.691. The smallest absolute Gasteiger partial charge is 0.216 e. The highest BCUT2D eigenvalue weighted by atomic mass is 32.2. The Hall–Kier alpha value is -0.860. The Bertz CT molecular complexity index is 353. The average Bonchev–Trinajstić information content (AvgIpc) is 2.25. The molecule has 0 aliphatic carbocycles. The van der Waals surface area contributed by atoms with E-state index in [1.165, 1.54) is 14.0 Å². The Balaban J connectivity index is 4.50. The van der Waals surface area contributed by atoms with Crippen LogP contribution in [-0.4, -0.2) is 55.3 Å². The summed E-state index contributed by atoms with van der Waals surface area (Å²) in [6.07, 6.45) is -0.0167. The van der Waals surface area contributed by atoms with E-state index in [0.717, 1.165) is 4.31 Å². The van der Waals surface area contributed by atoms with Crippen LogP contribution in [0, 0.1) is 0 Å². The first kappa shape index (κ1) is 16.1. The van der Waals surface area contributed by atoms with E-state index < -0.39 is 16.1 Å². The summed E-state index contributed by atoms with van der Waals surface area (Å²) >= 11 is 0. The molecule has 1 atom stereocenters. The van der Waals surface area contributed by atoms with Crippen LogP contribution < -0.4 is 5.73 Å². The maximum Gasteiger partial charge on any atom is 0.216 e. The summed E-state index contributed by atoms with van der Waals surface area (Å²) in [5.74, 6) is -0.286. The number of likely N-dealkylation sites (N-methyl/N-ethyl adjacent to an activating group) is 1. The third kappa shape index (κ3) is 5.33. The van der Waals surface area contributed by atoms with Crippen LogP contribution >= 0.6 is 0 Å².